The molecule has 9 heteroatoms. The van der Waals surface area contributed by atoms with Gasteiger partial charge in [-0.1, -0.05) is 35.3 Å². The maximum Gasteiger partial charge on any atom is 0.471 e. The summed E-state index contributed by atoms with van der Waals surface area (Å²) in [5.74, 6) is -2.36. The summed E-state index contributed by atoms with van der Waals surface area (Å²) in [7, 11) is 0. The molecule has 0 aliphatic carbocycles. The molecule has 2 aromatic rings. The van der Waals surface area contributed by atoms with Gasteiger partial charge in [0.05, 0.1) is 15.7 Å². The summed E-state index contributed by atoms with van der Waals surface area (Å²) in [5, 5.41) is 3.68. The lowest BCUT2D eigenvalue weighted by Gasteiger charge is -2.22. The molecule has 1 heterocycles. The number of rotatable bonds is 3. The lowest BCUT2D eigenvalue weighted by Crippen LogP contribution is -2.42. The SMILES string of the molecule is CC(Nc1c(Cl)ccc2c1CCN(C(=O)C(F)(F)F)CC2)c1ccc(F)c(Cl)c1. The molecule has 0 radical (unpaired) electrons. The summed E-state index contributed by atoms with van der Waals surface area (Å²) in [6.45, 7) is 1.77. The molecule has 0 spiro atoms. The summed E-state index contributed by atoms with van der Waals surface area (Å²) in [6.07, 6.45) is -4.37. The van der Waals surface area contributed by atoms with Crippen molar-refractivity contribution in [3.05, 3.63) is 62.9 Å². The van der Waals surface area contributed by atoms with Gasteiger partial charge in [-0.3, -0.25) is 4.79 Å². The predicted octanol–water partition coefficient (Wildman–Crippen LogP) is 5.80. The van der Waals surface area contributed by atoms with E-state index in [0.717, 1.165) is 21.6 Å². The molecule has 1 N–H and O–H groups in total. The van der Waals surface area contributed by atoms with Gasteiger partial charge >= 0.3 is 12.1 Å². The van der Waals surface area contributed by atoms with Crippen LogP contribution in [0.3, 0.4) is 0 Å². The van der Waals surface area contributed by atoms with Crippen molar-refractivity contribution >= 4 is 34.8 Å². The first-order chi connectivity index (χ1) is 13.6. The van der Waals surface area contributed by atoms with Crippen LogP contribution in [0.25, 0.3) is 0 Å². The molecule has 0 fully saturated rings. The van der Waals surface area contributed by atoms with Crippen molar-refractivity contribution in [2.45, 2.75) is 32.0 Å². The minimum atomic E-state index is -4.90. The van der Waals surface area contributed by atoms with E-state index < -0.39 is 17.9 Å². The van der Waals surface area contributed by atoms with Crippen LogP contribution in [-0.4, -0.2) is 30.1 Å². The highest BCUT2D eigenvalue weighted by molar-refractivity contribution is 6.33. The van der Waals surface area contributed by atoms with E-state index in [4.69, 9.17) is 23.2 Å². The second-order valence-corrected chi connectivity index (χ2v) is 7.70. The molecule has 3 nitrogen and oxygen atoms in total. The molecule has 0 saturated heterocycles. The lowest BCUT2D eigenvalue weighted by molar-refractivity contribution is -0.185. The van der Waals surface area contributed by atoms with E-state index in [0.29, 0.717) is 17.1 Å². The Hall–Kier alpha value is -1.99. The Morgan fingerprint density at radius 2 is 1.79 bits per heavy atom. The fraction of sp³-hybridized carbons (Fsp3) is 0.350. The van der Waals surface area contributed by atoms with E-state index in [1.807, 2.05) is 6.92 Å². The number of carbonyl (C=O) groups is 1. The summed E-state index contributed by atoms with van der Waals surface area (Å²) < 4.78 is 51.8. The van der Waals surface area contributed by atoms with E-state index in [1.165, 1.54) is 12.1 Å². The quantitative estimate of drug-likeness (QED) is 0.602. The van der Waals surface area contributed by atoms with Crippen molar-refractivity contribution in [2.24, 2.45) is 0 Å². The molecule has 0 saturated carbocycles. The number of nitrogens with zero attached hydrogens (tertiary/aromatic N) is 1. The largest absolute Gasteiger partial charge is 0.471 e. The minimum absolute atomic E-state index is 0.00422. The molecular weight excluding hydrogens is 431 g/mol. The van der Waals surface area contributed by atoms with Gasteiger partial charge in [0, 0.05) is 19.1 Å². The van der Waals surface area contributed by atoms with Crippen LogP contribution in [0.2, 0.25) is 10.0 Å². The molecule has 1 atom stereocenters. The zero-order valence-corrected chi connectivity index (χ0v) is 16.9. The number of amides is 1. The van der Waals surface area contributed by atoms with Crippen LogP contribution in [0, 0.1) is 5.82 Å². The van der Waals surface area contributed by atoms with E-state index in [2.05, 4.69) is 5.32 Å². The highest BCUT2D eigenvalue weighted by Crippen LogP contribution is 2.35. The maximum absolute atomic E-state index is 13.4. The fourth-order valence-corrected chi connectivity index (χ4v) is 3.84. The summed E-state index contributed by atoms with van der Waals surface area (Å²) in [6, 6.07) is 7.53. The maximum atomic E-state index is 13.4. The highest BCUT2D eigenvalue weighted by Gasteiger charge is 2.42. The van der Waals surface area contributed by atoms with E-state index in [9.17, 15) is 22.4 Å². The molecule has 1 amide bonds. The lowest BCUT2D eigenvalue weighted by atomic mass is 9.99. The zero-order chi connectivity index (χ0) is 21.3. The molecule has 0 aromatic heterocycles. The molecule has 0 bridgehead atoms. The Bertz CT molecular complexity index is 933. The number of carbonyl (C=O) groups excluding carboxylic acids is 1. The van der Waals surface area contributed by atoms with Crippen molar-refractivity contribution in [3.63, 3.8) is 0 Å². The Labute approximate surface area is 175 Å². The molecule has 2 aromatic carbocycles. The van der Waals surface area contributed by atoms with Crippen molar-refractivity contribution < 1.29 is 22.4 Å². The first-order valence-corrected chi connectivity index (χ1v) is 9.71. The molecule has 1 aliphatic heterocycles. The third-order valence-electron chi connectivity index (χ3n) is 4.98. The number of hydrogen-bond acceptors (Lipinski definition) is 2. The van der Waals surface area contributed by atoms with Crippen LogP contribution >= 0.6 is 23.2 Å². The Morgan fingerprint density at radius 3 is 2.45 bits per heavy atom. The number of anilines is 1. The number of alkyl halides is 3. The first kappa shape index (κ1) is 21.7. The number of halogens is 6. The molecule has 156 valence electrons. The predicted molar refractivity (Wildman–Crippen MR) is 105 cm³/mol. The number of nitrogens with one attached hydrogen (secondary N) is 1. The Kier molecular flexibility index (Phi) is 6.29. The monoisotopic (exact) mass is 448 g/mol. The highest BCUT2D eigenvalue weighted by atomic mass is 35.5. The second-order valence-electron chi connectivity index (χ2n) is 6.89. The first-order valence-electron chi connectivity index (χ1n) is 8.95. The van der Waals surface area contributed by atoms with Gasteiger partial charge in [0.15, 0.2) is 0 Å². The molecule has 1 aliphatic rings. The van der Waals surface area contributed by atoms with E-state index in [1.54, 1.807) is 18.2 Å². The standard InChI is InChI=1S/C20H18Cl2F4N2O/c1-11(13-3-5-17(23)16(22)10-13)27-18-14-7-9-28(19(29)20(24,25)26)8-6-12(14)2-4-15(18)21/h2-5,10-11,27H,6-9H2,1H3. The second kappa shape index (κ2) is 8.40. The van der Waals surface area contributed by atoms with Crippen LogP contribution in [-0.2, 0) is 17.6 Å². The summed E-state index contributed by atoms with van der Waals surface area (Å²) >= 11 is 12.2. The number of fused-ring (bicyclic) bond motifs is 1. The van der Waals surface area contributed by atoms with Crippen LogP contribution in [0.1, 0.15) is 29.7 Å². The third-order valence-corrected chi connectivity index (χ3v) is 5.58. The summed E-state index contributed by atoms with van der Waals surface area (Å²) in [5.41, 5.74) is 2.93. The average molecular weight is 449 g/mol. The van der Waals surface area contributed by atoms with Gasteiger partial charge in [0.25, 0.3) is 0 Å². The van der Waals surface area contributed by atoms with E-state index in [-0.39, 0.29) is 30.6 Å². The molecule has 29 heavy (non-hydrogen) atoms. The number of benzene rings is 2. The smallest absolute Gasteiger partial charge is 0.377 e. The van der Waals surface area contributed by atoms with Crippen molar-refractivity contribution in [3.8, 4) is 0 Å². The molecule has 1 unspecified atom stereocenters. The number of hydrogen-bond donors (Lipinski definition) is 1. The molecular formula is C20H18Cl2F4N2O. The average Bonchev–Trinajstić information content (AvgIpc) is 2.87. The van der Waals surface area contributed by atoms with Gasteiger partial charge < -0.3 is 10.2 Å². The zero-order valence-electron chi connectivity index (χ0n) is 15.4. The van der Waals surface area contributed by atoms with Gasteiger partial charge in [0.2, 0.25) is 0 Å². The normalized spacial score (nSPS) is 15.5. The topological polar surface area (TPSA) is 32.3 Å². The Balaban J connectivity index is 1.86. The van der Waals surface area contributed by atoms with Gasteiger partial charge in [0.1, 0.15) is 5.82 Å². The van der Waals surface area contributed by atoms with Crippen molar-refractivity contribution in [2.75, 3.05) is 18.4 Å². The van der Waals surface area contributed by atoms with Crippen LogP contribution < -0.4 is 5.32 Å². The molecule has 3 rings (SSSR count). The van der Waals surface area contributed by atoms with Crippen molar-refractivity contribution in [1.29, 1.82) is 0 Å². The van der Waals surface area contributed by atoms with Gasteiger partial charge in [-0.2, -0.15) is 13.2 Å². The fourth-order valence-electron chi connectivity index (χ4n) is 3.42. The van der Waals surface area contributed by atoms with Gasteiger partial charge in [-0.15, -0.1) is 0 Å². The Morgan fingerprint density at radius 1 is 1.10 bits per heavy atom. The van der Waals surface area contributed by atoms with Crippen LogP contribution in [0.5, 0.6) is 0 Å². The third kappa shape index (κ3) is 4.78. The minimum Gasteiger partial charge on any atom is -0.377 e. The van der Waals surface area contributed by atoms with Crippen molar-refractivity contribution in [1.82, 2.24) is 4.90 Å². The van der Waals surface area contributed by atoms with Crippen LogP contribution in [0.15, 0.2) is 30.3 Å². The summed E-state index contributed by atoms with van der Waals surface area (Å²) in [4.78, 5) is 12.4. The van der Waals surface area contributed by atoms with Crippen LogP contribution in [0.4, 0.5) is 23.2 Å². The van der Waals surface area contributed by atoms with E-state index >= 15 is 0 Å². The van der Waals surface area contributed by atoms with Gasteiger partial charge in [-0.05, 0) is 54.7 Å². The van der Waals surface area contributed by atoms with Gasteiger partial charge in [-0.25, -0.2) is 4.39 Å².